The molecule has 4 N–H and O–H groups in total. The number of carbonyl (C=O) groups is 2. The van der Waals surface area contributed by atoms with E-state index in [1.165, 1.54) is 30.3 Å². The van der Waals surface area contributed by atoms with Gasteiger partial charge in [0.15, 0.2) is 23.1 Å². The van der Waals surface area contributed by atoms with E-state index in [0.717, 1.165) is 12.1 Å². The summed E-state index contributed by atoms with van der Waals surface area (Å²) in [5, 5.41) is 16.1. The molecule has 1 heterocycles. The SMILES string of the molecule is Nc1ccc(Oc2cccc3c2OC(C(F)(F)F)C(C(=O)O)=C3)c(F)c1.O=C(O)C(F)(F)F. The Hall–Kier alpha value is -3.97. The van der Waals surface area contributed by atoms with Gasteiger partial charge in [-0.25, -0.2) is 14.0 Å². The Balaban J connectivity index is 0.000000479. The van der Waals surface area contributed by atoms with Gasteiger partial charge >= 0.3 is 24.3 Å². The predicted molar refractivity (Wildman–Crippen MR) is 97.1 cm³/mol. The Kier molecular flexibility index (Phi) is 7.10. The number of anilines is 1. The second-order valence-corrected chi connectivity index (χ2v) is 6.21. The highest BCUT2D eigenvalue weighted by molar-refractivity contribution is 5.95. The third kappa shape index (κ3) is 6.27. The molecule has 0 saturated heterocycles. The van der Waals surface area contributed by atoms with Crippen LogP contribution in [0, 0.1) is 5.82 Å². The van der Waals surface area contributed by atoms with Gasteiger partial charge in [-0.1, -0.05) is 12.1 Å². The van der Waals surface area contributed by atoms with Gasteiger partial charge in [0.1, 0.15) is 0 Å². The fourth-order valence-electron chi connectivity index (χ4n) is 2.41. The Morgan fingerprint density at radius 2 is 1.61 bits per heavy atom. The number of nitrogen functional groups attached to an aromatic ring is 1. The van der Waals surface area contributed by atoms with Gasteiger partial charge in [0, 0.05) is 17.3 Å². The summed E-state index contributed by atoms with van der Waals surface area (Å²) in [5.74, 6) is -6.13. The van der Waals surface area contributed by atoms with E-state index >= 15 is 0 Å². The average molecular weight is 483 g/mol. The standard InChI is InChI=1S/C17H11F4NO4.C2HF3O2/c18-11-7-9(22)4-5-12(11)25-13-3-1-2-8-6-10(16(23)24)15(17(19,20)21)26-14(8)13;3-2(4,5)1(6)7/h1-7,15H,22H2,(H,23,24);(H,6,7). The smallest absolute Gasteiger partial charge is 0.478 e. The van der Waals surface area contributed by atoms with Gasteiger partial charge < -0.3 is 25.4 Å². The van der Waals surface area contributed by atoms with Crippen LogP contribution in [0.2, 0.25) is 0 Å². The van der Waals surface area contributed by atoms with Gasteiger partial charge in [0.25, 0.3) is 0 Å². The first-order chi connectivity index (χ1) is 15.1. The van der Waals surface area contributed by atoms with Crippen molar-refractivity contribution in [2.24, 2.45) is 0 Å². The summed E-state index contributed by atoms with van der Waals surface area (Å²) in [4.78, 5) is 20.0. The van der Waals surface area contributed by atoms with Crippen LogP contribution >= 0.6 is 0 Å². The highest BCUT2D eigenvalue weighted by Gasteiger charge is 2.49. The van der Waals surface area contributed by atoms with Crippen molar-refractivity contribution < 1.29 is 60.0 Å². The van der Waals surface area contributed by atoms with E-state index in [2.05, 4.69) is 0 Å². The van der Waals surface area contributed by atoms with Gasteiger partial charge in [-0.2, -0.15) is 26.3 Å². The fraction of sp³-hybridized carbons (Fsp3) is 0.158. The first kappa shape index (κ1) is 25.3. The quantitative estimate of drug-likeness (QED) is 0.431. The third-order valence-electron chi connectivity index (χ3n) is 3.80. The van der Waals surface area contributed by atoms with E-state index in [1.807, 2.05) is 0 Å². The second kappa shape index (κ2) is 9.26. The number of fused-ring (bicyclic) bond motifs is 1. The summed E-state index contributed by atoms with van der Waals surface area (Å²) < 4.78 is 95.3. The van der Waals surface area contributed by atoms with Crippen molar-refractivity contribution >= 4 is 23.7 Å². The molecule has 1 unspecified atom stereocenters. The molecular formula is C19H12F7NO6. The van der Waals surface area contributed by atoms with Crippen molar-refractivity contribution in [1.29, 1.82) is 0 Å². The second-order valence-electron chi connectivity index (χ2n) is 6.21. The summed E-state index contributed by atoms with van der Waals surface area (Å²) in [6.45, 7) is 0. The molecule has 1 atom stereocenters. The van der Waals surface area contributed by atoms with Gasteiger partial charge in [-0.15, -0.1) is 0 Å². The zero-order chi connectivity index (χ0) is 25.1. The van der Waals surface area contributed by atoms with Crippen LogP contribution in [-0.2, 0) is 9.59 Å². The lowest BCUT2D eigenvalue weighted by molar-refractivity contribution is -0.192. The summed E-state index contributed by atoms with van der Waals surface area (Å²) in [6, 6.07) is 7.62. The molecule has 2 aromatic rings. The number of ether oxygens (including phenoxy) is 2. The summed E-state index contributed by atoms with van der Waals surface area (Å²) in [7, 11) is 0. The highest BCUT2D eigenvalue weighted by Crippen LogP contribution is 2.43. The molecule has 0 spiro atoms. The molecule has 178 valence electrons. The molecule has 0 aromatic heterocycles. The molecule has 0 fully saturated rings. The lowest BCUT2D eigenvalue weighted by atomic mass is 10.0. The van der Waals surface area contributed by atoms with Crippen LogP contribution < -0.4 is 15.2 Å². The van der Waals surface area contributed by atoms with Crippen molar-refractivity contribution in [1.82, 2.24) is 0 Å². The van der Waals surface area contributed by atoms with E-state index in [1.54, 1.807) is 0 Å². The van der Waals surface area contributed by atoms with Crippen LogP contribution in [0.3, 0.4) is 0 Å². The maximum atomic E-state index is 13.9. The largest absolute Gasteiger partial charge is 0.490 e. The minimum absolute atomic E-state index is 0.0660. The van der Waals surface area contributed by atoms with Crippen LogP contribution in [0.5, 0.6) is 17.2 Å². The molecule has 7 nitrogen and oxygen atoms in total. The van der Waals surface area contributed by atoms with Gasteiger partial charge in [-0.3, -0.25) is 0 Å². The molecule has 0 radical (unpaired) electrons. The highest BCUT2D eigenvalue weighted by atomic mass is 19.4. The summed E-state index contributed by atoms with van der Waals surface area (Å²) in [6.07, 6.45) is -11.9. The zero-order valence-corrected chi connectivity index (χ0v) is 15.9. The normalized spacial score (nSPS) is 15.2. The maximum Gasteiger partial charge on any atom is 0.490 e. The van der Waals surface area contributed by atoms with Crippen molar-refractivity contribution in [3.05, 3.63) is 53.4 Å². The summed E-state index contributed by atoms with van der Waals surface area (Å²) in [5.41, 5.74) is 4.69. The van der Waals surface area contributed by atoms with Crippen LogP contribution in [0.25, 0.3) is 6.08 Å². The van der Waals surface area contributed by atoms with Crippen molar-refractivity contribution in [3.63, 3.8) is 0 Å². The molecule has 0 saturated carbocycles. The third-order valence-corrected chi connectivity index (χ3v) is 3.80. The van der Waals surface area contributed by atoms with Gasteiger partial charge in [0.05, 0.1) is 5.57 Å². The number of alkyl halides is 6. The molecule has 1 aliphatic heterocycles. The Bertz CT molecular complexity index is 1100. The Morgan fingerprint density at radius 3 is 2.09 bits per heavy atom. The average Bonchev–Trinajstić information content (AvgIpc) is 2.68. The molecular weight excluding hydrogens is 471 g/mol. The predicted octanol–water partition coefficient (Wildman–Crippen LogP) is 4.62. The number of nitrogens with two attached hydrogens (primary N) is 1. The molecule has 0 bridgehead atoms. The number of aliphatic carboxylic acids is 2. The molecule has 14 heteroatoms. The van der Waals surface area contributed by atoms with Crippen LogP contribution in [-0.4, -0.2) is 40.6 Å². The molecule has 1 aliphatic rings. The fourth-order valence-corrected chi connectivity index (χ4v) is 2.41. The number of benzene rings is 2. The zero-order valence-electron chi connectivity index (χ0n) is 15.9. The number of carboxylic acids is 2. The minimum Gasteiger partial charge on any atom is -0.478 e. The monoisotopic (exact) mass is 483 g/mol. The molecule has 33 heavy (non-hydrogen) atoms. The lowest BCUT2D eigenvalue weighted by Gasteiger charge is -2.28. The number of hydrogen-bond donors (Lipinski definition) is 3. The van der Waals surface area contributed by atoms with E-state index in [0.29, 0.717) is 0 Å². The first-order valence-electron chi connectivity index (χ1n) is 8.45. The first-order valence-corrected chi connectivity index (χ1v) is 8.45. The minimum atomic E-state index is -5.08. The molecule has 2 aromatic carbocycles. The van der Waals surface area contributed by atoms with Crippen molar-refractivity contribution in [2.45, 2.75) is 18.5 Å². The molecule has 0 amide bonds. The van der Waals surface area contributed by atoms with E-state index < -0.39 is 41.8 Å². The number of hydrogen-bond acceptors (Lipinski definition) is 5. The topological polar surface area (TPSA) is 119 Å². The molecule has 0 aliphatic carbocycles. The number of halogens is 7. The van der Waals surface area contributed by atoms with E-state index in [-0.39, 0.29) is 28.5 Å². The lowest BCUT2D eigenvalue weighted by Crippen LogP contribution is -2.40. The van der Waals surface area contributed by atoms with E-state index in [4.69, 9.17) is 30.2 Å². The van der Waals surface area contributed by atoms with Crippen molar-refractivity contribution in [2.75, 3.05) is 5.73 Å². The van der Waals surface area contributed by atoms with Crippen molar-refractivity contribution in [3.8, 4) is 17.2 Å². The van der Waals surface area contributed by atoms with Crippen LogP contribution in [0.15, 0.2) is 42.0 Å². The van der Waals surface area contributed by atoms with Gasteiger partial charge in [0.2, 0.25) is 6.10 Å². The van der Waals surface area contributed by atoms with E-state index in [9.17, 15) is 35.5 Å². The maximum absolute atomic E-state index is 13.9. The summed E-state index contributed by atoms with van der Waals surface area (Å²) >= 11 is 0. The van der Waals surface area contributed by atoms with Crippen LogP contribution in [0.4, 0.5) is 36.4 Å². The number of rotatable bonds is 3. The number of carboxylic acid groups (broad SMARTS) is 2. The Labute approximate surface area is 179 Å². The van der Waals surface area contributed by atoms with Crippen LogP contribution in [0.1, 0.15) is 5.56 Å². The van der Waals surface area contributed by atoms with Gasteiger partial charge in [-0.05, 0) is 24.3 Å². The molecule has 3 rings (SSSR count). The number of para-hydroxylation sites is 1. The Morgan fingerprint density at radius 1 is 1.00 bits per heavy atom.